The maximum absolute atomic E-state index is 11.2. The molecule has 1 heterocycles. The topological polar surface area (TPSA) is 68.0 Å². The summed E-state index contributed by atoms with van der Waals surface area (Å²) in [5.41, 5.74) is 7.96. The SMILES string of the molecule is Cc1nc(C)c(C(C)NCc2cccc(C(N)=O)c2)s1. The second-order valence-corrected chi connectivity index (χ2v) is 6.08. The molecule has 2 aromatic rings. The second-order valence-electron chi connectivity index (χ2n) is 4.85. The number of aromatic nitrogens is 1. The quantitative estimate of drug-likeness (QED) is 0.889. The minimum Gasteiger partial charge on any atom is -0.366 e. The number of nitrogens with one attached hydrogen (secondary N) is 1. The first kappa shape index (κ1) is 14.7. The lowest BCUT2D eigenvalue weighted by Crippen LogP contribution is -2.18. The molecular weight excluding hydrogens is 270 g/mol. The van der Waals surface area contributed by atoms with E-state index in [1.165, 1.54) is 4.88 Å². The molecule has 0 aliphatic carbocycles. The fraction of sp³-hybridized carbons (Fsp3) is 0.333. The van der Waals surface area contributed by atoms with Crippen molar-refractivity contribution in [2.75, 3.05) is 0 Å². The van der Waals surface area contributed by atoms with E-state index in [2.05, 4.69) is 17.2 Å². The van der Waals surface area contributed by atoms with E-state index in [-0.39, 0.29) is 6.04 Å². The van der Waals surface area contributed by atoms with Crippen molar-refractivity contribution in [3.8, 4) is 0 Å². The van der Waals surface area contributed by atoms with Gasteiger partial charge < -0.3 is 11.1 Å². The fourth-order valence-electron chi connectivity index (χ4n) is 2.15. The highest BCUT2D eigenvalue weighted by molar-refractivity contribution is 7.11. The predicted octanol–water partition coefficient (Wildman–Crippen LogP) is 2.71. The minimum atomic E-state index is -0.395. The molecule has 0 fully saturated rings. The van der Waals surface area contributed by atoms with Crippen molar-refractivity contribution in [1.82, 2.24) is 10.3 Å². The van der Waals surface area contributed by atoms with E-state index in [1.54, 1.807) is 17.4 Å². The van der Waals surface area contributed by atoms with E-state index in [0.717, 1.165) is 16.3 Å². The summed E-state index contributed by atoms with van der Waals surface area (Å²) in [6, 6.07) is 7.62. The van der Waals surface area contributed by atoms with Gasteiger partial charge in [-0.1, -0.05) is 12.1 Å². The molecule has 0 aliphatic heterocycles. The smallest absolute Gasteiger partial charge is 0.248 e. The first-order valence-electron chi connectivity index (χ1n) is 6.53. The van der Waals surface area contributed by atoms with Crippen LogP contribution in [0, 0.1) is 13.8 Å². The normalized spacial score (nSPS) is 12.3. The highest BCUT2D eigenvalue weighted by Gasteiger charge is 2.12. The van der Waals surface area contributed by atoms with Crippen molar-refractivity contribution in [2.45, 2.75) is 33.4 Å². The highest BCUT2D eigenvalue weighted by Crippen LogP contribution is 2.24. The molecule has 1 aromatic heterocycles. The molecule has 0 saturated carbocycles. The van der Waals surface area contributed by atoms with Crippen LogP contribution in [-0.2, 0) is 6.54 Å². The largest absolute Gasteiger partial charge is 0.366 e. The van der Waals surface area contributed by atoms with Gasteiger partial charge in [-0.25, -0.2) is 4.98 Å². The highest BCUT2D eigenvalue weighted by atomic mass is 32.1. The van der Waals surface area contributed by atoms with Crippen LogP contribution in [0.2, 0.25) is 0 Å². The zero-order valence-electron chi connectivity index (χ0n) is 11.9. The van der Waals surface area contributed by atoms with Gasteiger partial charge in [-0.3, -0.25) is 4.79 Å². The van der Waals surface area contributed by atoms with Crippen LogP contribution in [0.4, 0.5) is 0 Å². The number of nitrogens with zero attached hydrogens (tertiary/aromatic N) is 1. The summed E-state index contributed by atoms with van der Waals surface area (Å²) in [4.78, 5) is 16.9. The van der Waals surface area contributed by atoms with Gasteiger partial charge in [0.1, 0.15) is 0 Å². The minimum absolute atomic E-state index is 0.235. The fourth-order valence-corrected chi connectivity index (χ4v) is 3.10. The molecule has 5 heteroatoms. The molecule has 1 atom stereocenters. The second kappa shape index (κ2) is 6.15. The van der Waals surface area contributed by atoms with Gasteiger partial charge in [-0.2, -0.15) is 0 Å². The Morgan fingerprint density at radius 2 is 2.20 bits per heavy atom. The van der Waals surface area contributed by atoms with E-state index in [9.17, 15) is 4.79 Å². The molecule has 1 amide bonds. The summed E-state index contributed by atoms with van der Waals surface area (Å²) >= 11 is 1.72. The molecular formula is C15H19N3OS. The lowest BCUT2D eigenvalue weighted by Gasteiger charge is -2.13. The third-order valence-electron chi connectivity index (χ3n) is 3.16. The van der Waals surface area contributed by atoms with Crippen LogP contribution in [0.25, 0.3) is 0 Å². The van der Waals surface area contributed by atoms with Crippen molar-refractivity contribution < 1.29 is 4.79 Å². The third-order valence-corrected chi connectivity index (χ3v) is 4.41. The van der Waals surface area contributed by atoms with Gasteiger partial charge in [0.15, 0.2) is 0 Å². The molecule has 20 heavy (non-hydrogen) atoms. The number of hydrogen-bond donors (Lipinski definition) is 2. The Labute approximate surface area is 123 Å². The average molecular weight is 289 g/mol. The first-order chi connectivity index (χ1) is 9.47. The number of carbonyl (C=O) groups is 1. The summed E-state index contributed by atoms with van der Waals surface area (Å²) < 4.78 is 0. The summed E-state index contributed by atoms with van der Waals surface area (Å²) in [5, 5.41) is 4.54. The number of carbonyl (C=O) groups excluding carboxylic acids is 1. The monoisotopic (exact) mass is 289 g/mol. The standard InChI is InChI=1S/C15H19N3OS/c1-9(14-10(2)18-11(3)20-14)17-8-12-5-4-6-13(7-12)15(16)19/h4-7,9,17H,8H2,1-3H3,(H2,16,19). The summed E-state index contributed by atoms with van der Waals surface area (Å²) in [6.45, 7) is 6.87. The van der Waals surface area contributed by atoms with Crippen LogP contribution >= 0.6 is 11.3 Å². The molecule has 0 bridgehead atoms. The third kappa shape index (κ3) is 3.43. The van der Waals surface area contributed by atoms with E-state index in [4.69, 9.17) is 5.73 Å². The van der Waals surface area contributed by atoms with Crippen molar-refractivity contribution in [3.05, 3.63) is 51.0 Å². The number of aryl methyl sites for hydroxylation is 2. The average Bonchev–Trinajstić information content (AvgIpc) is 2.75. The van der Waals surface area contributed by atoms with Crippen molar-refractivity contribution >= 4 is 17.2 Å². The number of nitrogens with two attached hydrogens (primary N) is 1. The number of hydrogen-bond acceptors (Lipinski definition) is 4. The van der Waals surface area contributed by atoms with E-state index in [0.29, 0.717) is 12.1 Å². The molecule has 2 rings (SSSR count). The first-order valence-corrected chi connectivity index (χ1v) is 7.35. The Balaban J connectivity index is 2.03. The Kier molecular flexibility index (Phi) is 4.52. The van der Waals surface area contributed by atoms with Gasteiger partial charge in [-0.05, 0) is 38.5 Å². The van der Waals surface area contributed by atoms with Crippen LogP contribution in [-0.4, -0.2) is 10.9 Å². The molecule has 0 spiro atoms. The van der Waals surface area contributed by atoms with E-state index >= 15 is 0 Å². The van der Waals surface area contributed by atoms with E-state index in [1.807, 2.05) is 32.0 Å². The van der Waals surface area contributed by atoms with Gasteiger partial charge >= 0.3 is 0 Å². The Morgan fingerprint density at radius 3 is 2.80 bits per heavy atom. The van der Waals surface area contributed by atoms with Crippen LogP contribution in [0.15, 0.2) is 24.3 Å². The molecule has 1 unspecified atom stereocenters. The molecule has 1 aromatic carbocycles. The van der Waals surface area contributed by atoms with Crippen molar-refractivity contribution in [2.24, 2.45) is 5.73 Å². The van der Waals surface area contributed by atoms with Crippen molar-refractivity contribution in [1.29, 1.82) is 0 Å². The maximum atomic E-state index is 11.2. The van der Waals surface area contributed by atoms with Crippen LogP contribution in [0.1, 0.15) is 44.5 Å². The Hall–Kier alpha value is -1.72. The lowest BCUT2D eigenvalue weighted by atomic mass is 10.1. The molecule has 0 aliphatic rings. The zero-order valence-corrected chi connectivity index (χ0v) is 12.8. The number of rotatable bonds is 5. The van der Waals surface area contributed by atoms with Crippen LogP contribution in [0.3, 0.4) is 0 Å². The van der Waals surface area contributed by atoms with Gasteiger partial charge in [0, 0.05) is 23.0 Å². The van der Waals surface area contributed by atoms with Gasteiger partial charge in [0.25, 0.3) is 0 Å². The molecule has 0 radical (unpaired) electrons. The number of benzene rings is 1. The van der Waals surface area contributed by atoms with Gasteiger partial charge in [0.05, 0.1) is 10.7 Å². The summed E-state index contributed by atoms with van der Waals surface area (Å²) in [5.74, 6) is -0.395. The van der Waals surface area contributed by atoms with E-state index < -0.39 is 5.91 Å². The number of amides is 1. The molecule has 3 N–H and O–H groups in total. The number of thiazole rings is 1. The lowest BCUT2D eigenvalue weighted by molar-refractivity contribution is 0.1000. The van der Waals surface area contributed by atoms with Gasteiger partial charge in [0.2, 0.25) is 5.91 Å². The van der Waals surface area contributed by atoms with Crippen LogP contribution in [0.5, 0.6) is 0 Å². The molecule has 106 valence electrons. The summed E-state index contributed by atoms with van der Waals surface area (Å²) in [6.07, 6.45) is 0. The van der Waals surface area contributed by atoms with Crippen molar-refractivity contribution in [3.63, 3.8) is 0 Å². The Bertz CT molecular complexity index is 621. The zero-order chi connectivity index (χ0) is 14.7. The van der Waals surface area contributed by atoms with Crippen LogP contribution < -0.4 is 11.1 Å². The molecule has 0 saturated heterocycles. The van der Waals surface area contributed by atoms with Gasteiger partial charge in [-0.15, -0.1) is 11.3 Å². The maximum Gasteiger partial charge on any atom is 0.248 e. The Morgan fingerprint density at radius 1 is 1.45 bits per heavy atom. The summed E-state index contributed by atoms with van der Waals surface area (Å²) in [7, 11) is 0. The molecule has 4 nitrogen and oxygen atoms in total. The number of primary amides is 1. The predicted molar refractivity (Wildman–Crippen MR) is 81.8 cm³/mol.